The van der Waals surface area contributed by atoms with Crippen LogP contribution in [0.1, 0.15) is 19.4 Å². The van der Waals surface area contributed by atoms with Crippen LogP contribution in [0.25, 0.3) is 22.0 Å². The van der Waals surface area contributed by atoms with Gasteiger partial charge in [0.05, 0.1) is 11.1 Å². The maximum Gasteiger partial charge on any atom is 0.0609 e. The monoisotopic (exact) mass is 431 g/mol. The van der Waals surface area contributed by atoms with E-state index >= 15 is 0 Å². The lowest BCUT2D eigenvalue weighted by molar-refractivity contribution is 1.12. The highest BCUT2D eigenvalue weighted by Gasteiger charge is 2.22. The summed E-state index contributed by atoms with van der Waals surface area (Å²) in [6.45, 7) is 4.32. The molecule has 0 aliphatic heterocycles. The molecule has 32 heavy (non-hydrogen) atoms. The van der Waals surface area contributed by atoms with Crippen LogP contribution in [0.2, 0.25) is 0 Å². The summed E-state index contributed by atoms with van der Waals surface area (Å²) in [7, 11) is -0.701. The average molecular weight is 432 g/mol. The lowest BCUT2D eigenvalue weighted by atomic mass is 9.99. The zero-order chi connectivity index (χ0) is 21.9. The molecule has 156 valence electrons. The largest absolute Gasteiger partial charge is 0.315 e. The van der Waals surface area contributed by atoms with Crippen molar-refractivity contribution in [2.24, 2.45) is 0 Å². The molecule has 0 radical (unpaired) electrons. The summed E-state index contributed by atoms with van der Waals surface area (Å²) in [6, 6.07) is 39.5. The lowest BCUT2D eigenvalue weighted by Gasteiger charge is -2.24. The highest BCUT2D eigenvalue weighted by Crippen LogP contribution is 2.37. The van der Waals surface area contributed by atoms with Crippen LogP contribution in [0.3, 0.4) is 0 Å². The van der Waals surface area contributed by atoms with E-state index in [2.05, 4.69) is 140 Å². The quantitative estimate of drug-likeness (QED) is 0.269. The second-order valence-corrected chi connectivity index (χ2v) is 10.1. The minimum Gasteiger partial charge on any atom is -0.315 e. The first-order chi connectivity index (χ1) is 15.8. The molecular weight excluding hydrogens is 405 g/mol. The van der Waals surface area contributed by atoms with Crippen molar-refractivity contribution >= 4 is 40.3 Å². The van der Waals surface area contributed by atoms with Gasteiger partial charge in [0.1, 0.15) is 0 Å². The van der Waals surface area contributed by atoms with Crippen LogP contribution in [-0.4, -0.2) is 4.57 Å². The van der Waals surface area contributed by atoms with Gasteiger partial charge < -0.3 is 4.57 Å². The fourth-order valence-corrected chi connectivity index (χ4v) is 6.68. The first-order valence-corrected chi connectivity index (χ1v) is 12.3. The smallest absolute Gasteiger partial charge is 0.0609 e. The predicted octanol–water partition coefficient (Wildman–Crippen LogP) is 6.81. The van der Waals surface area contributed by atoms with Gasteiger partial charge in [0.15, 0.2) is 0 Å². The maximum absolute atomic E-state index is 2.43. The lowest BCUT2D eigenvalue weighted by Crippen LogP contribution is -2.25. The van der Waals surface area contributed by atoms with Gasteiger partial charge in [-0.05, 0) is 47.5 Å². The molecule has 1 nitrogen and oxygen atoms in total. The molecule has 5 rings (SSSR count). The van der Waals surface area contributed by atoms with E-state index in [-0.39, 0.29) is 0 Å². The van der Waals surface area contributed by atoms with Crippen LogP contribution >= 0.6 is 7.92 Å². The number of hydrogen-bond acceptors (Lipinski definition) is 0. The Hall–Kier alpha value is -3.41. The normalized spacial score (nSPS) is 11.9. The first kappa shape index (κ1) is 20.5. The SMILES string of the molecule is CC=C(C)c1ccc2ccccc2c1-n1cccc1P(c1ccccc1)c1ccccc1. The molecule has 0 bridgehead atoms. The summed E-state index contributed by atoms with van der Waals surface area (Å²) in [6.07, 6.45) is 4.43. The Morgan fingerprint density at radius 2 is 1.31 bits per heavy atom. The van der Waals surface area contributed by atoms with E-state index in [1.54, 1.807) is 0 Å². The second-order valence-electron chi connectivity index (χ2n) is 7.90. The Labute approximate surface area is 191 Å². The van der Waals surface area contributed by atoms with E-state index in [9.17, 15) is 0 Å². The van der Waals surface area contributed by atoms with Crippen molar-refractivity contribution < 1.29 is 0 Å². The number of allylic oxidation sites excluding steroid dienone is 2. The van der Waals surface area contributed by atoms with Gasteiger partial charge in [-0.1, -0.05) is 103 Å². The summed E-state index contributed by atoms with van der Waals surface area (Å²) in [5.74, 6) is 0. The van der Waals surface area contributed by atoms with Crippen LogP contribution in [0, 0.1) is 0 Å². The zero-order valence-electron chi connectivity index (χ0n) is 18.4. The van der Waals surface area contributed by atoms with Gasteiger partial charge >= 0.3 is 0 Å². The number of nitrogens with zero attached hydrogens (tertiary/aromatic N) is 1. The van der Waals surface area contributed by atoms with Crippen molar-refractivity contribution in [2.45, 2.75) is 13.8 Å². The minimum absolute atomic E-state index is 0.701. The summed E-state index contributed by atoms with van der Waals surface area (Å²) < 4.78 is 2.43. The highest BCUT2D eigenvalue weighted by molar-refractivity contribution is 7.79. The number of fused-ring (bicyclic) bond motifs is 1. The van der Waals surface area contributed by atoms with E-state index in [1.807, 2.05) is 0 Å². The van der Waals surface area contributed by atoms with E-state index in [0.717, 1.165) is 0 Å². The number of benzene rings is 4. The van der Waals surface area contributed by atoms with Gasteiger partial charge in [-0.15, -0.1) is 0 Å². The summed E-state index contributed by atoms with van der Waals surface area (Å²) >= 11 is 0. The first-order valence-electron chi connectivity index (χ1n) is 11.0. The van der Waals surface area contributed by atoms with Crippen LogP contribution < -0.4 is 16.0 Å². The molecule has 0 fully saturated rings. The van der Waals surface area contributed by atoms with Gasteiger partial charge in [-0.2, -0.15) is 0 Å². The molecule has 0 unspecified atom stereocenters. The average Bonchev–Trinajstić information content (AvgIpc) is 3.33. The Kier molecular flexibility index (Phi) is 5.75. The van der Waals surface area contributed by atoms with E-state index in [4.69, 9.17) is 0 Å². The number of aromatic nitrogens is 1. The minimum atomic E-state index is -0.701. The van der Waals surface area contributed by atoms with E-state index in [0.29, 0.717) is 0 Å². The highest BCUT2D eigenvalue weighted by atomic mass is 31.1. The second kappa shape index (κ2) is 8.99. The van der Waals surface area contributed by atoms with Gasteiger partial charge in [-0.3, -0.25) is 0 Å². The summed E-state index contributed by atoms with van der Waals surface area (Å²) in [5.41, 5.74) is 5.16. The zero-order valence-corrected chi connectivity index (χ0v) is 19.3. The van der Waals surface area contributed by atoms with Gasteiger partial charge in [0.25, 0.3) is 0 Å². The summed E-state index contributed by atoms with van der Waals surface area (Å²) in [4.78, 5) is 0. The van der Waals surface area contributed by atoms with Crippen LogP contribution in [0.4, 0.5) is 0 Å². The number of hydrogen-bond donors (Lipinski definition) is 0. The third-order valence-electron chi connectivity index (χ3n) is 5.98. The third-order valence-corrected chi connectivity index (χ3v) is 8.44. The van der Waals surface area contributed by atoms with E-state index < -0.39 is 7.92 Å². The van der Waals surface area contributed by atoms with Crippen molar-refractivity contribution in [1.29, 1.82) is 0 Å². The van der Waals surface area contributed by atoms with E-state index in [1.165, 1.54) is 43.6 Å². The van der Waals surface area contributed by atoms with Gasteiger partial charge in [0, 0.05) is 25.1 Å². The standard InChI is InChI=1S/C30H26NP/c1-3-23(2)27-21-20-24-13-10-11-18-28(24)30(27)31-22-12-19-29(31)32(25-14-6-4-7-15-25)26-16-8-5-9-17-26/h3-22H,1-2H3. The molecular formula is C30H26NP. The fraction of sp³-hybridized carbons (Fsp3) is 0.0667. The van der Waals surface area contributed by atoms with Crippen LogP contribution in [-0.2, 0) is 0 Å². The molecule has 0 atom stereocenters. The molecule has 1 heterocycles. The molecule has 0 N–H and O–H groups in total. The molecule has 0 aliphatic carbocycles. The molecule has 0 saturated heterocycles. The van der Waals surface area contributed by atoms with Gasteiger partial charge in [0.2, 0.25) is 0 Å². The molecule has 0 spiro atoms. The van der Waals surface area contributed by atoms with Crippen molar-refractivity contribution in [2.75, 3.05) is 0 Å². The predicted molar refractivity (Wildman–Crippen MR) is 141 cm³/mol. The Balaban J connectivity index is 1.81. The molecule has 5 aromatic rings. The maximum atomic E-state index is 2.43. The van der Waals surface area contributed by atoms with Crippen molar-refractivity contribution in [3.63, 3.8) is 0 Å². The molecule has 0 amide bonds. The topological polar surface area (TPSA) is 4.93 Å². The Bertz CT molecular complexity index is 1340. The Morgan fingerprint density at radius 3 is 1.97 bits per heavy atom. The third kappa shape index (κ3) is 3.70. The van der Waals surface area contributed by atoms with Gasteiger partial charge in [-0.25, -0.2) is 0 Å². The Morgan fingerprint density at radius 1 is 0.688 bits per heavy atom. The molecule has 0 aliphatic rings. The molecule has 1 aromatic heterocycles. The summed E-state index contributed by atoms with van der Waals surface area (Å²) in [5, 5.41) is 5.26. The van der Waals surface area contributed by atoms with Crippen molar-refractivity contribution in [3.05, 3.63) is 127 Å². The van der Waals surface area contributed by atoms with Crippen LogP contribution in [0.5, 0.6) is 0 Å². The van der Waals surface area contributed by atoms with Crippen molar-refractivity contribution in [3.8, 4) is 5.69 Å². The molecule has 0 saturated carbocycles. The molecule has 2 heteroatoms. The number of rotatable bonds is 5. The molecule has 4 aromatic carbocycles. The van der Waals surface area contributed by atoms with Crippen LogP contribution in [0.15, 0.2) is 121 Å². The van der Waals surface area contributed by atoms with Crippen molar-refractivity contribution in [1.82, 2.24) is 4.57 Å². The fourth-order valence-electron chi connectivity index (χ4n) is 4.30.